The molecule has 0 aromatic heterocycles. The van der Waals surface area contributed by atoms with Crippen LogP contribution < -0.4 is 5.32 Å². The van der Waals surface area contributed by atoms with Crippen LogP contribution in [0.2, 0.25) is 0 Å². The van der Waals surface area contributed by atoms with Crippen LogP contribution >= 0.6 is 12.4 Å². The number of nitrogens with one attached hydrogen (secondary N) is 1. The zero-order valence-corrected chi connectivity index (χ0v) is 10.3. The van der Waals surface area contributed by atoms with Crippen molar-refractivity contribution in [3.05, 3.63) is 0 Å². The van der Waals surface area contributed by atoms with E-state index in [1.807, 2.05) is 0 Å². The Kier molecular flexibility index (Phi) is 4.27. The lowest BCUT2D eigenvalue weighted by molar-refractivity contribution is 0.195. The molecule has 14 heavy (non-hydrogen) atoms. The van der Waals surface area contributed by atoms with Crippen molar-refractivity contribution in [1.29, 1.82) is 0 Å². The van der Waals surface area contributed by atoms with Gasteiger partial charge in [-0.15, -0.1) is 12.4 Å². The Morgan fingerprint density at radius 3 is 2.50 bits per heavy atom. The molecule has 3 unspecified atom stereocenters. The summed E-state index contributed by atoms with van der Waals surface area (Å²) in [4.78, 5) is 0. The fourth-order valence-electron chi connectivity index (χ4n) is 3.85. The maximum atomic E-state index is 3.79. The zero-order chi connectivity index (χ0) is 9.31. The summed E-state index contributed by atoms with van der Waals surface area (Å²) < 4.78 is 0. The van der Waals surface area contributed by atoms with Crippen molar-refractivity contribution in [3.63, 3.8) is 0 Å². The molecule has 2 bridgehead atoms. The van der Waals surface area contributed by atoms with Gasteiger partial charge in [0, 0.05) is 5.54 Å². The van der Waals surface area contributed by atoms with Crippen LogP contribution in [0, 0.1) is 11.8 Å². The van der Waals surface area contributed by atoms with E-state index in [9.17, 15) is 0 Å². The highest BCUT2D eigenvalue weighted by molar-refractivity contribution is 5.85. The van der Waals surface area contributed by atoms with Crippen LogP contribution in [0.1, 0.15) is 52.4 Å². The topological polar surface area (TPSA) is 12.0 Å². The fourth-order valence-corrected chi connectivity index (χ4v) is 3.85. The van der Waals surface area contributed by atoms with Crippen LogP contribution in [0.25, 0.3) is 0 Å². The molecule has 0 aromatic carbocycles. The molecule has 2 fully saturated rings. The molecular formula is C12H24ClN. The van der Waals surface area contributed by atoms with Crippen molar-refractivity contribution in [2.24, 2.45) is 11.8 Å². The van der Waals surface area contributed by atoms with Crippen molar-refractivity contribution in [2.75, 3.05) is 6.54 Å². The molecule has 0 aromatic rings. The molecule has 0 amide bonds. The Bertz CT molecular complexity index is 175. The Labute approximate surface area is 94.4 Å². The third-order valence-corrected chi connectivity index (χ3v) is 4.20. The Morgan fingerprint density at radius 2 is 2.07 bits per heavy atom. The Morgan fingerprint density at radius 1 is 1.29 bits per heavy atom. The van der Waals surface area contributed by atoms with E-state index < -0.39 is 0 Å². The van der Waals surface area contributed by atoms with Gasteiger partial charge >= 0.3 is 0 Å². The highest BCUT2D eigenvalue weighted by Gasteiger charge is 2.49. The highest BCUT2D eigenvalue weighted by Crippen LogP contribution is 2.52. The number of fused-ring (bicyclic) bond motifs is 2. The van der Waals surface area contributed by atoms with Crippen LogP contribution in [0.3, 0.4) is 0 Å². The number of rotatable bonds is 4. The van der Waals surface area contributed by atoms with E-state index in [2.05, 4.69) is 19.2 Å². The lowest BCUT2D eigenvalue weighted by Crippen LogP contribution is -2.49. The summed E-state index contributed by atoms with van der Waals surface area (Å²) >= 11 is 0. The summed E-state index contributed by atoms with van der Waals surface area (Å²) in [7, 11) is 0. The van der Waals surface area contributed by atoms with E-state index in [4.69, 9.17) is 0 Å². The fraction of sp³-hybridized carbons (Fsp3) is 1.00. The molecule has 0 spiro atoms. The lowest BCUT2D eigenvalue weighted by Gasteiger charge is -2.38. The summed E-state index contributed by atoms with van der Waals surface area (Å²) in [6.45, 7) is 5.73. The second kappa shape index (κ2) is 4.85. The molecule has 1 nitrogen and oxygen atoms in total. The molecule has 2 heteroatoms. The van der Waals surface area contributed by atoms with Gasteiger partial charge in [-0.05, 0) is 44.1 Å². The number of hydrogen-bond acceptors (Lipinski definition) is 1. The van der Waals surface area contributed by atoms with Gasteiger partial charge in [0.1, 0.15) is 0 Å². The van der Waals surface area contributed by atoms with Gasteiger partial charge in [0.15, 0.2) is 0 Å². The normalized spacial score (nSPS) is 39.9. The Hall–Kier alpha value is 0.250. The second-order valence-electron chi connectivity index (χ2n) is 5.02. The summed E-state index contributed by atoms with van der Waals surface area (Å²) in [6, 6.07) is 0. The molecule has 2 aliphatic carbocycles. The van der Waals surface area contributed by atoms with Crippen molar-refractivity contribution in [2.45, 2.75) is 57.9 Å². The van der Waals surface area contributed by atoms with Crippen LogP contribution in [-0.4, -0.2) is 12.1 Å². The molecule has 0 aliphatic heterocycles. The smallest absolute Gasteiger partial charge is 0.0212 e. The van der Waals surface area contributed by atoms with E-state index in [1.54, 1.807) is 0 Å². The van der Waals surface area contributed by atoms with E-state index in [-0.39, 0.29) is 12.4 Å². The maximum Gasteiger partial charge on any atom is 0.0212 e. The molecular weight excluding hydrogens is 194 g/mol. The summed E-state index contributed by atoms with van der Waals surface area (Å²) in [6.07, 6.45) is 8.75. The molecule has 2 saturated carbocycles. The van der Waals surface area contributed by atoms with E-state index in [0.717, 1.165) is 18.4 Å². The average Bonchev–Trinajstić information content (AvgIpc) is 2.64. The van der Waals surface area contributed by atoms with Crippen LogP contribution in [0.15, 0.2) is 0 Å². The third-order valence-electron chi connectivity index (χ3n) is 4.20. The molecule has 2 aliphatic rings. The largest absolute Gasteiger partial charge is 0.311 e. The molecule has 84 valence electrons. The van der Waals surface area contributed by atoms with E-state index >= 15 is 0 Å². The molecule has 0 heterocycles. The van der Waals surface area contributed by atoms with Gasteiger partial charge in [0.25, 0.3) is 0 Å². The van der Waals surface area contributed by atoms with Crippen molar-refractivity contribution < 1.29 is 0 Å². The first-order chi connectivity index (χ1) is 6.30. The molecule has 0 radical (unpaired) electrons. The van der Waals surface area contributed by atoms with Crippen molar-refractivity contribution >= 4 is 12.4 Å². The quantitative estimate of drug-likeness (QED) is 0.762. The predicted octanol–water partition coefficient (Wildman–Crippen LogP) is 3.38. The number of halogens is 1. The van der Waals surface area contributed by atoms with Crippen LogP contribution in [0.4, 0.5) is 0 Å². The van der Waals surface area contributed by atoms with Gasteiger partial charge in [-0.1, -0.05) is 26.7 Å². The average molecular weight is 218 g/mol. The molecule has 0 saturated heterocycles. The minimum Gasteiger partial charge on any atom is -0.311 e. The van der Waals surface area contributed by atoms with Gasteiger partial charge in [-0.3, -0.25) is 0 Å². The van der Waals surface area contributed by atoms with Crippen LogP contribution in [-0.2, 0) is 0 Å². The minimum atomic E-state index is 0. The third kappa shape index (κ3) is 1.94. The van der Waals surface area contributed by atoms with Crippen molar-refractivity contribution in [3.8, 4) is 0 Å². The molecule has 2 rings (SSSR count). The van der Waals surface area contributed by atoms with E-state index in [0.29, 0.717) is 5.54 Å². The van der Waals surface area contributed by atoms with Gasteiger partial charge < -0.3 is 5.32 Å². The first-order valence-corrected chi connectivity index (χ1v) is 6.05. The van der Waals surface area contributed by atoms with E-state index in [1.165, 1.54) is 38.5 Å². The van der Waals surface area contributed by atoms with Crippen LogP contribution in [0.5, 0.6) is 0 Å². The van der Waals surface area contributed by atoms with Gasteiger partial charge in [0.05, 0.1) is 0 Å². The van der Waals surface area contributed by atoms with Gasteiger partial charge in [-0.25, -0.2) is 0 Å². The monoisotopic (exact) mass is 217 g/mol. The maximum absolute atomic E-state index is 3.79. The second-order valence-corrected chi connectivity index (χ2v) is 5.02. The summed E-state index contributed by atoms with van der Waals surface area (Å²) in [5.74, 6) is 2.08. The summed E-state index contributed by atoms with van der Waals surface area (Å²) in [5.41, 5.74) is 0.562. The summed E-state index contributed by atoms with van der Waals surface area (Å²) in [5, 5.41) is 3.79. The minimum absolute atomic E-state index is 0. The zero-order valence-electron chi connectivity index (χ0n) is 9.51. The predicted molar refractivity (Wildman–Crippen MR) is 64.0 cm³/mol. The first-order valence-electron chi connectivity index (χ1n) is 6.05. The van der Waals surface area contributed by atoms with Gasteiger partial charge in [-0.2, -0.15) is 0 Å². The number of hydrogen-bond donors (Lipinski definition) is 1. The van der Waals surface area contributed by atoms with Crippen molar-refractivity contribution in [1.82, 2.24) is 5.32 Å². The highest BCUT2D eigenvalue weighted by atomic mass is 35.5. The molecule has 1 N–H and O–H groups in total. The van der Waals surface area contributed by atoms with Gasteiger partial charge in [0.2, 0.25) is 0 Å². The lowest BCUT2D eigenvalue weighted by atomic mass is 9.78. The first kappa shape index (κ1) is 12.3. The Balaban J connectivity index is 0.000000980. The molecule has 3 atom stereocenters. The SMILES string of the molecule is CCCC1(NCC)CC2CCC1C2.Cl. The standard InChI is InChI=1S/C12H23N.ClH/c1-3-7-12(13-4-2)9-10-5-6-11(12)8-10;/h10-11,13H,3-9H2,1-2H3;1H.